The number of nitrogens with zero attached hydrogens (tertiary/aromatic N) is 4. The molecule has 0 spiro atoms. The Labute approximate surface area is 126 Å². The van der Waals surface area contributed by atoms with Crippen LogP contribution in [0.15, 0.2) is 39.9 Å². The average Bonchev–Trinajstić information content (AvgIpc) is 3.17. The fraction of sp³-hybridized carbons (Fsp3) is 0.286. The molecular formula is C14H15N5OS. The number of aromatic nitrogens is 5. The Hall–Kier alpha value is -2.15. The minimum Gasteiger partial charge on any atom is -0.419 e. The van der Waals surface area contributed by atoms with Crippen LogP contribution in [0.3, 0.4) is 0 Å². The molecule has 0 radical (unpaired) electrons. The van der Waals surface area contributed by atoms with Gasteiger partial charge in [-0.2, -0.15) is 0 Å². The van der Waals surface area contributed by atoms with Gasteiger partial charge in [0.1, 0.15) is 5.82 Å². The third kappa shape index (κ3) is 3.13. The molecule has 7 heteroatoms. The van der Waals surface area contributed by atoms with Gasteiger partial charge in [0.2, 0.25) is 16.9 Å². The van der Waals surface area contributed by atoms with Crippen LogP contribution in [0.5, 0.6) is 0 Å². The zero-order valence-electron chi connectivity index (χ0n) is 11.8. The van der Waals surface area contributed by atoms with Gasteiger partial charge in [0.05, 0.1) is 5.25 Å². The highest BCUT2D eigenvalue weighted by Gasteiger charge is 2.18. The molecule has 0 amide bonds. The monoisotopic (exact) mass is 301 g/mol. The number of benzene rings is 1. The SMILES string of the molecule is CCc1nc(SC(C)c2nnc(-c3ccccc3)o2)n[nH]1. The molecular weight excluding hydrogens is 286 g/mol. The largest absolute Gasteiger partial charge is 0.419 e. The molecule has 0 aliphatic carbocycles. The van der Waals surface area contributed by atoms with Crippen molar-refractivity contribution in [3.05, 3.63) is 42.0 Å². The van der Waals surface area contributed by atoms with Crippen LogP contribution in [-0.2, 0) is 6.42 Å². The molecule has 21 heavy (non-hydrogen) atoms. The minimum absolute atomic E-state index is 0.00420. The lowest BCUT2D eigenvalue weighted by Crippen LogP contribution is -1.89. The Balaban J connectivity index is 1.73. The van der Waals surface area contributed by atoms with E-state index < -0.39 is 0 Å². The molecule has 1 aromatic carbocycles. The summed E-state index contributed by atoms with van der Waals surface area (Å²) in [5.74, 6) is 1.98. The van der Waals surface area contributed by atoms with Gasteiger partial charge < -0.3 is 4.42 Å². The number of H-pyrrole nitrogens is 1. The molecule has 108 valence electrons. The smallest absolute Gasteiger partial charge is 0.247 e. The molecule has 1 unspecified atom stereocenters. The number of nitrogens with one attached hydrogen (secondary N) is 1. The topological polar surface area (TPSA) is 80.5 Å². The summed E-state index contributed by atoms with van der Waals surface area (Å²) in [6.07, 6.45) is 0.834. The van der Waals surface area contributed by atoms with E-state index in [0.29, 0.717) is 16.9 Å². The van der Waals surface area contributed by atoms with Gasteiger partial charge in [0.25, 0.3) is 0 Å². The van der Waals surface area contributed by atoms with Gasteiger partial charge in [0, 0.05) is 12.0 Å². The highest BCUT2D eigenvalue weighted by atomic mass is 32.2. The zero-order valence-corrected chi connectivity index (χ0v) is 12.6. The summed E-state index contributed by atoms with van der Waals surface area (Å²) in [5, 5.41) is 15.9. The molecule has 3 aromatic rings. The predicted molar refractivity (Wildman–Crippen MR) is 79.8 cm³/mol. The van der Waals surface area contributed by atoms with Crippen LogP contribution in [0.25, 0.3) is 11.5 Å². The van der Waals surface area contributed by atoms with Gasteiger partial charge in [-0.3, -0.25) is 5.10 Å². The first-order valence-corrected chi connectivity index (χ1v) is 7.61. The van der Waals surface area contributed by atoms with E-state index in [-0.39, 0.29) is 5.25 Å². The van der Waals surface area contributed by atoms with Crippen molar-refractivity contribution < 1.29 is 4.42 Å². The lowest BCUT2D eigenvalue weighted by molar-refractivity contribution is 0.509. The maximum atomic E-state index is 5.73. The molecule has 0 saturated heterocycles. The van der Waals surface area contributed by atoms with Crippen molar-refractivity contribution in [2.45, 2.75) is 30.7 Å². The normalized spacial score (nSPS) is 12.5. The quantitative estimate of drug-likeness (QED) is 0.728. The molecule has 2 aromatic heterocycles. The van der Waals surface area contributed by atoms with Crippen LogP contribution in [-0.4, -0.2) is 25.4 Å². The molecule has 0 aliphatic rings. The van der Waals surface area contributed by atoms with Crippen LogP contribution in [0.2, 0.25) is 0 Å². The lowest BCUT2D eigenvalue weighted by atomic mass is 10.2. The van der Waals surface area contributed by atoms with E-state index in [1.54, 1.807) is 0 Å². The van der Waals surface area contributed by atoms with Gasteiger partial charge >= 0.3 is 0 Å². The first-order chi connectivity index (χ1) is 10.3. The molecule has 0 fully saturated rings. The highest BCUT2D eigenvalue weighted by molar-refractivity contribution is 7.99. The van der Waals surface area contributed by atoms with E-state index >= 15 is 0 Å². The third-order valence-corrected chi connectivity index (χ3v) is 3.89. The number of hydrogen-bond donors (Lipinski definition) is 1. The first kappa shape index (κ1) is 13.8. The maximum Gasteiger partial charge on any atom is 0.247 e. The number of rotatable bonds is 5. The first-order valence-electron chi connectivity index (χ1n) is 6.73. The number of aromatic amines is 1. The predicted octanol–water partition coefficient (Wildman–Crippen LogP) is 3.27. The number of hydrogen-bond acceptors (Lipinski definition) is 6. The van der Waals surface area contributed by atoms with Crippen LogP contribution >= 0.6 is 11.8 Å². The standard InChI is InChI=1S/C14H15N5OS/c1-3-11-15-14(19-16-11)21-9(2)12-17-18-13(20-12)10-7-5-4-6-8-10/h4-9H,3H2,1-2H3,(H,15,16,19). The molecule has 6 nitrogen and oxygen atoms in total. The summed E-state index contributed by atoms with van der Waals surface area (Å²) in [7, 11) is 0. The van der Waals surface area contributed by atoms with Gasteiger partial charge in [-0.1, -0.05) is 36.9 Å². The molecule has 1 atom stereocenters. The van der Waals surface area contributed by atoms with E-state index in [4.69, 9.17) is 4.42 Å². The number of aryl methyl sites for hydroxylation is 1. The van der Waals surface area contributed by atoms with E-state index in [1.165, 1.54) is 11.8 Å². The van der Waals surface area contributed by atoms with Crippen molar-refractivity contribution in [1.82, 2.24) is 25.4 Å². The zero-order chi connectivity index (χ0) is 14.7. The van der Waals surface area contributed by atoms with Crippen molar-refractivity contribution in [2.75, 3.05) is 0 Å². The Bertz CT molecular complexity index is 709. The van der Waals surface area contributed by atoms with Crippen molar-refractivity contribution in [2.24, 2.45) is 0 Å². The second kappa shape index (κ2) is 6.09. The van der Waals surface area contributed by atoms with Crippen LogP contribution in [0, 0.1) is 0 Å². The molecule has 0 saturated carbocycles. The van der Waals surface area contributed by atoms with Crippen LogP contribution in [0.1, 0.15) is 30.8 Å². The van der Waals surface area contributed by atoms with Crippen LogP contribution < -0.4 is 0 Å². The molecule has 3 rings (SSSR count). The molecule has 2 heterocycles. The van der Waals surface area contributed by atoms with E-state index in [1.807, 2.05) is 44.2 Å². The number of thioether (sulfide) groups is 1. The van der Waals surface area contributed by atoms with Gasteiger partial charge in [-0.05, 0) is 19.1 Å². The second-order valence-electron chi connectivity index (χ2n) is 4.49. The van der Waals surface area contributed by atoms with Crippen molar-refractivity contribution in [3.8, 4) is 11.5 Å². The molecule has 1 N–H and O–H groups in total. The highest BCUT2D eigenvalue weighted by Crippen LogP contribution is 2.33. The maximum absolute atomic E-state index is 5.73. The summed E-state index contributed by atoms with van der Waals surface area (Å²) in [5.41, 5.74) is 0.916. The van der Waals surface area contributed by atoms with Gasteiger partial charge in [-0.25, -0.2) is 4.98 Å². The molecule has 0 bridgehead atoms. The van der Waals surface area contributed by atoms with Gasteiger partial charge in [-0.15, -0.1) is 15.3 Å². The minimum atomic E-state index is -0.00420. The summed E-state index contributed by atoms with van der Waals surface area (Å²) >= 11 is 1.49. The summed E-state index contributed by atoms with van der Waals surface area (Å²) < 4.78 is 5.73. The Kier molecular flexibility index (Phi) is 4.01. The summed E-state index contributed by atoms with van der Waals surface area (Å²) in [6, 6.07) is 9.72. The van der Waals surface area contributed by atoms with Crippen molar-refractivity contribution in [1.29, 1.82) is 0 Å². The summed E-state index contributed by atoms with van der Waals surface area (Å²) in [4.78, 5) is 4.37. The second-order valence-corrected chi connectivity index (χ2v) is 5.80. The Morgan fingerprint density at radius 3 is 2.76 bits per heavy atom. The van der Waals surface area contributed by atoms with Crippen molar-refractivity contribution >= 4 is 11.8 Å². The summed E-state index contributed by atoms with van der Waals surface area (Å²) in [6.45, 7) is 4.03. The fourth-order valence-corrected chi connectivity index (χ4v) is 2.57. The van der Waals surface area contributed by atoms with Crippen LogP contribution in [0.4, 0.5) is 0 Å². The molecule has 0 aliphatic heterocycles. The van der Waals surface area contributed by atoms with E-state index in [2.05, 4.69) is 25.4 Å². The lowest BCUT2D eigenvalue weighted by Gasteiger charge is -2.01. The van der Waals surface area contributed by atoms with Crippen molar-refractivity contribution in [3.63, 3.8) is 0 Å². The fourth-order valence-electron chi connectivity index (χ4n) is 1.79. The Morgan fingerprint density at radius 1 is 1.24 bits per heavy atom. The Morgan fingerprint density at radius 2 is 2.05 bits per heavy atom. The third-order valence-electron chi connectivity index (χ3n) is 2.94. The van der Waals surface area contributed by atoms with E-state index in [0.717, 1.165) is 17.8 Å². The average molecular weight is 301 g/mol. The van der Waals surface area contributed by atoms with Gasteiger partial charge in [0.15, 0.2) is 0 Å². The van der Waals surface area contributed by atoms with E-state index in [9.17, 15) is 0 Å².